The average Bonchev–Trinajstić information content (AvgIpc) is 2.79. The Morgan fingerprint density at radius 1 is 1.37 bits per heavy atom. The molecule has 3 aliphatic heterocycles. The maximum absolute atomic E-state index is 12.3. The van der Waals surface area contributed by atoms with Crippen molar-refractivity contribution < 1.29 is 29.0 Å². The van der Waals surface area contributed by atoms with Crippen molar-refractivity contribution in [3.63, 3.8) is 0 Å². The van der Waals surface area contributed by atoms with Gasteiger partial charge in [0.25, 0.3) is 0 Å². The summed E-state index contributed by atoms with van der Waals surface area (Å²) in [5.41, 5.74) is 0. The van der Waals surface area contributed by atoms with E-state index in [2.05, 4.69) is 4.74 Å². The molecule has 0 aromatic carbocycles. The smallest absolute Gasteiger partial charge is 0.320 e. The minimum Gasteiger partial charge on any atom is -0.481 e. The zero-order chi connectivity index (χ0) is 14.2. The fourth-order valence-corrected chi connectivity index (χ4v) is 5.46. The second-order valence-corrected chi connectivity index (χ2v) is 6.94. The summed E-state index contributed by atoms with van der Waals surface area (Å²) in [6.45, 7) is 1.67. The van der Waals surface area contributed by atoms with E-state index in [9.17, 15) is 19.2 Å². The van der Waals surface area contributed by atoms with Crippen molar-refractivity contribution in [2.24, 2.45) is 11.8 Å². The van der Waals surface area contributed by atoms with E-state index in [1.54, 1.807) is 6.92 Å². The molecule has 3 fully saturated rings. The van der Waals surface area contributed by atoms with Crippen LogP contribution in [-0.4, -0.2) is 50.5 Å². The molecule has 7 nitrogen and oxygen atoms in total. The number of carboxylic acids is 1. The van der Waals surface area contributed by atoms with Crippen LogP contribution in [0, 0.1) is 11.8 Å². The standard InChI is InChI=1S/C11H11NO6S/c1-10-5-6(8(16)18-7(5)15)11(19-10,3-4(13)14)9(17)12(10)2/h5-6H,3H2,1-2H3,(H,13,14)/t5-,6+,10-,11+/m1/s1. The van der Waals surface area contributed by atoms with Crippen LogP contribution in [0.3, 0.4) is 0 Å². The number of aliphatic carboxylic acids is 1. The number of fused-ring (bicyclic) bond motifs is 5. The molecule has 2 bridgehead atoms. The van der Waals surface area contributed by atoms with Gasteiger partial charge in [0.2, 0.25) is 5.91 Å². The van der Waals surface area contributed by atoms with Gasteiger partial charge in [-0.05, 0) is 6.92 Å². The number of carbonyl (C=O) groups is 4. The topological polar surface area (TPSA) is 101 Å². The van der Waals surface area contributed by atoms with Crippen LogP contribution >= 0.6 is 11.8 Å². The Balaban J connectivity index is 2.17. The molecule has 0 aromatic heterocycles. The molecule has 3 aliphatic rings. The highest BCUT2D eigenvalue weighted by atomic mass is 32.2. The number of carboxylic acid groups (broad SMARTS) is 1. The lowest BCUT2D eigenvalue weighted by molar-refractivity contribution is -0.154. The number of thioether (sulfide) groups is 1. The lowest BCUT2D eigenvalue weighted by Crippen LogP contribution is -2.58. The first-order valence-electron chi connectivity index (χ1n) is 5.70. The molecule has 0 spiro atoms. The van der Waals surface area contributed by atoms with Gasteiger partial charge in [0.05, 0.1) is 12.3 Å². The van der Waals surface area contributed by atoms with Gasteiger partial charge in [-0.1, -0.05) is 0 Å². The van der Waals surface area contributed by atoms with Crippen molar-refractivity contribution in [1.82, 2.24) is 4.90 Å². The Labute approximate surface area is 112 Å². The van der Waals surface area contributed by atoms with Gasteiger partial charge in [-0.2, -0.15) is 0 Å². The number of piperidine rings is 1. The molecule has 1 amide bonds. The largest absolute Gasteiger partial charge is 0.481 e. The minimum absolute atomic E-state index is 0.421. The first-order valence-corrected chi connectivity index (χ1v) is 6.51. The molecule has 4 atom stereocenters. The summed E-state index contributed by atoms with van der Waals surface area (Å²) < 4.78 is 3.20. The van der Waals surface area contributed by atoms with Crippen molar-refractivity contribution in [3.8, 4) is 0 Å². The molecular weight excluding hydrogens is 274 g/mol. The van der Waals surface area contributed by atoms with Crippen molar-refractivity contribution in [2.75, 3.05) is 7.05 Å². The Kier molecular flexibility index (Phi) is 2.16. The quantitative estimate of drug-likeness (QED) is 0.536. The van der Waals surface area contributed by atoms with Crippen LogP contribution in [0.15, 0.2) is 0 Å². The van der Waals surface area contributed by atoms with E-state index in [1.807, 2.05) is 0 Å². The van der Waals surface area contributed by atoms with E-state index in [4.69, 9.17) is 5.11 Å². The SMILES string of the molecule is CN1C(=O)[C@@]2(CC(=O)O)S[C@]1(C)[C@H]1C(=O)OC(=O)[C@H]12. The highest BCUT2D eigenvalue weighted by molar-refractivity contribution is 8.03. The molecule has 0 unspecified atom stereocenters. The molecule has 8 heteroatoms. The molecule has 0 radical (unpaired) electrons. The van der Waals surface area contributed by atoms with Gasteiger partial charge in [0.15, 0.2) is 0 Å². The third-order valence-corrected chi connectivity index (χ3v) is 6.14. The lowest BCUT2D eigenvalue weighted by Gasteiger charge is -2.37. The fourth-order valence-electron chi connectivity index (χ4n) is 3.37. The van der Waals surface area contributed by atoms with E-state index in [1.165, 1.54) is 11.9 Å². The predicted molar refractivity (Wildman–Crippen MR) is 61.8 cm³/mol. The van der Waals surface area contributed by atoms with Crippen LogP contribution in [0.1, 0.15) is 13.3 Å². The van der Waals surface area contributed by atoms with Crippen LogP contribution in [0.5, 0.6) is 0 Å². The maximum atomic E-state index is 12.3. The second kappa shape index (κ2) is 3.30. The Hall–Kier alpha value is -1.57. The number of ether oxygens (including phenoxy) is 1. The molecule has 0 aliphatic carbocycles. The zero-order valence-electron chi connectivity index (χ0n) is 10.2. The van der Waals surface area contributed by atoms with Gasteiger partial charge in [-0.3, -0.25) is 19.2 Å². The number of nitrogens with zero attached hydrogens (tertiary/aromatic N) is 1. The molecule has 102 valence electrons. The first-order chi connectivity index (χ1) is 8.74. The number of likely N-dealkylation sites (tertiary alicyclic amines) is 1. The summed E-state index contributed by atoms with van der Waals surface area (Å²) in [6, 6.07) is 0. The van der Waals surface area contributed by atoms with Gasteiger partial charge >= 0.3 is 17.9 Å². The van der Waals surface area contributed by atoms with E-state index in [-0.39, 0.29) is 0 Å². The van der Waals surface area contributed by atoms with Crippen molar-refractivity contribution in [1.29, 1.82) is 0 Å². The normalized spacial score (nSPS) is 43.7. The number of esters is 2. The van der Waals surface area contributed by atoms with Gasteiger partial charge < -0.3 is 14.7 Å². The molecule has 19 heavy (non-hydrogen) atoms. The summed E-state index contributed by atoms with van der Waals surface area (Å²) in [5, 5.41) is 9.03. The summed E-state index contributed by atoms with van der Waals surface area (Å²) in [7, 11) is 1.52. The monoisotopic (exact) mass is 285 g/mol. The molecule has 3 heterocycles. The summed E-state index contributed by atoms with van der Waals surface area (Å²) in [6.07, 6.45) is -0.486. The Morgan fingerprint density at radius 3 is 2.53 bits per heavy atom. The molecule has 3 saturated heterocycles. The van der Waals surface area contributed by atoms with Crippen molar-refractivity contribution >= 4 is 35.6 Å². The van der Waals surface area contributed by atoms with Crippen LogP contribution in [-0.2, 0) is 23.9 Å². The van der Waals surface area contributed by atoms with E-state index in [0.29, 0.717) is 0 Å². The van der Waals surface area contributed by atoms with Gasteiger partial charge in [0, 0.05) is 7.05 Å². The number of cyclic esters (lactones) is 2. The molecule has 1 N–H and O–H groups in total. The zero-order valence-corrected chi connectivity index (χ0v) is 11.0. The molecule has 3 rings (SSSR count). The van der Waals surface area contributed by atoms with Crippen LogP contribution < -0.4 is 0 Å². The van der Waals surface area contributed by atoms with Gasteiger partial charge in [-0.15, -0.1) is 11.8 Å². The third kappa shape index (κ3) is 1.20. The van der Waals surface area contributed by atoms with Crippen LogP contribution in [0.25, 0.3) is 0 Å². The number of amides is 1. The molecular formula is C11H11NO6S. The molecule has 0 saturated carbocycles. The first kappa shape index (κ1) is 12.5. The van der Waals surface area contributed by atoms with E-state index in [0.717, 1.165) is 11.8 Å². The van der Waals surface area contributed by atoms with Crippen molar-refractivity contribution in [2.45, 2.75) is 23.0 Å². The predicted octanol–water partition coefficient (Wildman–Crippen LogP) is -0.549. The van der Waals surface area contributed by atoms with Crippen LogP contribution in [0.2, 0.25) is 0 Å². The minimum atomic E-state index is -1.41. The number of rotatable bonds is 2. The maximum Gasteiger partial charge on any atom is 0.320 e. The third-order valence-electron chi connectivity index (χ3n) is 4.26. The molecule has 0 aromatic rings. The number of carbonyl (C=O) groups excluding carboxylic acids is 3. The highest BCUT2D eigenvalue weighted by Gasteiger charge is 2.79. The van der Waals surface area contributed by atoms with Crippen LogP contribution in [0.4, 0.5) is 0 Å². The van der Waals surface area contributed by atoms with Crippen molar-refractivity contribution in [3.05, 3.63) is 0 Å². The Morgan fingerprint density at radius 2 is 1.95 bits per heavy atom. The van der Waals surface area contributed by atoms with Gasteiger partial charge in [0.1, 0.15) is 15.5 Å². The highest BCUT2D eigenvalue weighted by Crippen LogP contribution is 2.67. The van der Waals surface area contributed by atoms with E-state index >= 15 is 0 Å². The van der Waals surface area contributed by atoms with E-state index < -0.39 is 51.7 Å². The summed E-state index contributed by atoms with van der Waals surface area (Å²) in [5.74, 6) is -4.83. The van der Waals surface area contributed by atoms with Gasteiger partial charge in [-0.25, -0.2) is 0 Å². The Bertz CT molecular complexity index is 547. The average molecular weight is 285 g/mol. The second-order valence-electron chi connectivity index (χ2n) is 5.18. The fraction of sp³-hybridized carbons (Fsp3) is 0.636. The lowest BCUT2D eigenvalue weighted by atomic mass is 9.73. The number of hydrogen-bond donors (Lipinski definition) is 1. The summed E-state index contributed by atoms with van der Waals surface area (Å²) >= 11 is 1.10. The number of hydrogen-bond acceptors (Lipinski definition) is 6. The summed E-state index contributed by atoms with van der Waals surface area (Å²) in [4.78, 5) is 47.5.